The van der Waals surface area contributed by atoms with Gasteiger partial charge in [-0.25, -0.2) is 0 Å². The van der Waals surface area contributed by atoms with Crippen LogP contribution in [0.25, 0.3) is 0 Å². The van der Waals surface area contributed by atoms with E-state index in [0.717, 1.165) is 6.61 Å². The van der Waals surface area contributed by atoms with E-state index in [0.29, 0.717) is 0 Å². The molecule has 13 heavy (non-hydrogen) atoms. The van der Waals surface area contributed by atoms with Crippen LogP contribution < -0.4 is 0 Å². The molecular weight excluding hydrogens is 199 g/mol. The molecule has 0 spiro atoms. The average Bonchev–Trinajstić information content (AvgIpc) is 2.00. The molecule has 0 atom stereocenters. The van der Waals surface area contributed by atoms with E-state index in [1.54, 1.807) is 7.11 Å². The van der Waals surface area contributed by atoms with Gasteiger partial charge in [0.1, 0.15) is 0 Å². The Morgan fingerprint density at radius 2 is 1.85 bits per heavy atom. The summed E-state index contributed by atoms with van der Waals surface area (Å²) in [5, 5.41) is 7.93. The molecule has 6 nitrogen and oxygen atoms in total. The molecule has 7 heteroatoms. The summed E-state index contributed by atoms with van der Waals surface area (Å²) in [6.07, 6.45) is -1.06. The number of ether oxygens (including phenoxy) is 1. The van der Waals surface area contributed by atoms with Crippen molar-refractivity contribution < 1.29 is 29.0 Å². The number of hydrogen-bond acceptors (Lipinski definition) is 3. The van der Waals surface area contributed by atoms with Crippen LogP contribution in [-0.2, 0) is 14.1 Å². The highest BCUT2D eigenvalue weighted by Crippen LogP contribution is 2.34. The summed E-state index contributed by atoms with van der Waals surface area (Å²) in [5.41, 5.74) is 0. The van der Waals surface area contributed by atoms with Crippen LogP contribution in [0.5, 0.6) is 0 Å². The van der Waals surface area contributed by atoms with Gasteiger partial charge in [0.05, 0.1) is 12.6 Å². The van der Waals surface area contributed by atoms with E-state index in [-0.39, 0.29) is 0 Å². The first kappa shape index (κ1) is 15.1. The second-order valence-corrected chi connectivity index (χ2v) is 3.89. The highest BCUT2D eigenvalue weighted by molar-refractivity contribution is 7.51. The Morgan fingerprint density at radius 3 is 1.92 bits per heavy atom. The minimum absolute atomic E-state index is 0.482. The number of rotatable bonds is 4. The van der Waals surface area contributed by atoms with Crippen molar-refractivity contribution in [3.8, 4) is 0 Å². The molecule has 0 radical (unpaired) electrons. The van der Waals surface area contributed by atoms with E-state index in [4.69, 9.17) is 14.9 Å². The van der Waals surface area contributed by atoms with Crippen LogP contribution in [0.15, 0.2) is 0 Å². The molecule has 0 saturated carbocycles. The smallest absolute Gasteiger partial charge is 0.326 e. The number of hydrogen-bond donors (Lipinski definition) is 3. The zero-order chi connectivity index (χ0) is 10.9. The van der Waals surface area contributed by atoms with Gasteiger partial charge in [-0.15, -0.1) is 0 Å². The van der Waals surface area contributed by atoms with Crippen molar-refractivity contribution in [1.29, 1.82) is 0 Å². The maximum absolute atomic E-state index is 9.97. The monoisotopic (exact) mass is 214 g/mol. The van der Waals surface area contributed by atoms with Gasteiger partial charge in [0.15, 0.2) is 0 Å². The van der Waals surface area contributed by atoms with Crippen molar-refractivity contribution in [3.63, 3.8) is 0 Å². The number of methoxy groups -OCH3 is 1. The molecule has 0 aliphatic heterocycles. The van der Waals surface area contributed by atoms with Crippen LogP contribution in [0, 0.1) is 0 Å². The van der Waals surface area contributed by atoms with Crippen LogP contribution in [0.2, 0.25) is 0 Å². The molecule has 0 fully saturated rings. The van der Waals surface area contributed by atoms with Gasteiger partial charge in [-0.1, -0.05) is 0 Å². The normalized spacial score (nSPS) is 10.2. The number of carbonyl (C=O) groups is 1. The van der Waals surface area contributed by atoms with E-state index in [1.807, 2.05) is 6.92 Å². The lowest BCUT2D eigenvalue weighted by atomic mass is 10.5. The molecule has 0 aliphatic rings. The fourth-order valence-corrected chi connectivity index (χ4v) is 0.724. The maximum atomic E-state index is 9.97. The molecule has 80 valence electrons. The second kappa shape index (κ2) is 8.19. The van der Waals surface area contributed by atoms with Crippen LogP contribution in [0.3, 0.4) is 0 Å². The van der Waals surface area contributed by atoms with E-state index in [9.17, 15) is 9.36 Å². The van der Waals surface area contributed by atoms with Gasteiger partial charge in [0.2, 0.25) is 0 Å². The van der Waals surface area contributed by atoms with Crippen molar-refractivity contribution in [1.82, 2.24) is 0 Å². The third-order valence-corrected chi connectivity index (χ3v) is 1.71. The van der Waals surface area contributed by atoms with Crippen molar-refractivity contribution in [2.24, 2.45) is 0 Å². The first-order valence-electron chi connectivity index (χ1n) is 3.58. The molecular formula is C6H15O6P. The Labute approximate surface area is 76.7 Å². The first-order valence-corrected chi connectivity index (χ1v) is 5.38. The van der Waals surface area contributed by atoms with Gasteiger partial charge in [-0.2, -0.15) is 0 Å². The minimum atomic E-state index is -4.10. The molecule has 0 unspecified atom stereocenters. The van der Waals surface area contributed by atoms with E-state index >= 15 is 0 Å². The number of carboxylic acid groups (broad SMARTS) is 1. The lowest BCUT2D eigenvalue weighted by Crippen LogP contribution is -1.98. The Balaban J connectivity index is 0. The van der Waals surface area contributed by atoms with Crippen LogP contribution in [0.1, 0.15) is 13.3 Å². The van der Waals surface area contributed by atoms with Gasteiger partial charge in [-0.05, 0) is 6.92 Å². The van der Waals surface area contributed by atoms with Crippen LogP contribution in [-0.4, -0.2) is 40.7 Å². The summed E-state index contributed by atoms with van der Waals surface area (Å²) in [6, 6.07) is 0. The molecule has 0 bridgehead atoms. The summed E-state index contributed by atoms with van der Waals surface area (Å²) < 4.78 is 14.5. The van der Waals surface area contributed by atoms with Gasteiger partial charge < -0.3 is 19.6 Å². The first-order chi connectivity index (χ1) is 5.83. The zero-order valence-corrected chi connectivity index (χ0v) is 8.53. The summed E-state index contributed by atoms with van der Waals surface area (Å²) in [7, 11) is -2.42. The summed E-state index contributed by atoms with van der Waals surface area (Å²) in [6.45, 7) is 2.78. The predicted molar refractivity (Wildman–Crippen MR) is 46.7 cm³/mol. The summed E-state index contributed by atoms with van der Waals surface area (Å²) in [4.78, 5) is 25.9. The Bertz CT molecular complexity index is 172. The number of aliphatic carboxylic acids is 1. The highest BCUT2D eigenvalue weighted by Gasteiger charge is 2.13. The second-order valence-electron chi connectivity index (χ2n) is 2.11. The Kier molecular flexibility index (Phi) is 9.50. The SMILES string of the molecule is CCOC.O=C(O)CCP(=O)(O)O. The lowest BCUT2D eigenvalue weighted by molar-refractivity contribution is -0.136. The maximum Gasteiger partial charge on any atom is 0.326 e. The topological polar surface area (TPSA) is 104 Å². The molecule has 0 aromatic rings. The van der Waals surface area contributed by atoms with Gasteiger partial charge in [0.25, 0.3) is 0 Å². The van der Waals surface area contributed by atoms with E-state index < -0.39 is 26.1 Å². The molecule has 0 saturated heterocycles. The molecule has 0 heterocycles. The average molecular weight is 214 g/mol. The standard InChI is InChI=1S/C3H7O5P.C3H8O/c4-3(5)1-2-9(6,7)8;1-3-4-2/h1-2H2,(H,4,5)(H2,6,7,8);3H2,1-2H3. The lowest BCUT2D eigenvalue weighted by Gasteiger charge is -1.97. The fraction of sp³-hybridized carbons (Fsp3) is 0.833. The van der Waals surface area contributed by atoms with Gasteiger partial charge in [0, 0.05) is 13.7 Å². The zero-order valence-electron chi connectivity index (χ0n) is 7.63. The minimum Gasteiger partial charge on any atom is -0.481 e. The molecule has 3 N–H and O–H groups in total. The van der Waals surface area contributed by atoms with Crippen molar-refractivity contribution >= 4 is 13.6 Å². The van der Waals surface area contributed by atoms with Gasteiger partial charge >= 0.3 is 13.6 Å². The Hall–Kier alpha value is -0.420. The molecule has 0 aliphatic carbocycles. The number of carboxylic acids is 1. The van der Waals surface area contributed by atoms with Crippen molar-refractivity contribution in [3.05, 3.63) is 0 Å². The van der Waals surface area contributed by atoms with Crippen LogP contribution in [0.4, 0.5) is 0 Å². The summed E-state index contributed by atoms with van der Waals surface area (Å²) in [5.74, 6) is -1.20. The van der Waals surface area contributed by atoms with E-state index in [1.165, 1.54) is 0 Å². The van der Waals surface area contributed by atoms with E-state index in [2.05, 4.69) is 4.74 Å². The van der Waals surface area contributed by atoms with Crippen molar-refractivity contribution in [2.45, 2.75) is 13.3 Å². The fourth-order valence-electron chi connectivity index (χ4n) is 0.241. The quantitative estimate of drug-likeness (QED) is 0.581. The summed E-state index contributed by atoms with van der Waals surface area (Å²) >= 11 is 0. The Morgan fingerprint density at radius 1 is 1.46 bits per heavy atom. The third-order valence-electron chi connectivity index (χ3n) is 0.906. The molecule has 0 rings (SSSR count). The third kappa shape index (κ3) is 24.5. The van der Waals surface area contributed by atoms with Crippen molar-refractivity contribution in [2.75, 3.05) is 19.9 Å². The van der Waals surface area contributed by atoms with Crippen LogP contribution >= 0.6 is 7.60 Å². The van der Waals surface area contributed by atoms with Gasteiger partial charge in [-0.3, -0.25) is 9.36 Å². The highest BCUT2D eigenvalue weighted by atomic mass is 31.2. The molecule has 0 amide bonds. The predicted octanol–water partition coefficient (Wildman–Crippen LogP) is 0.292. The largest absolute Gasteiger partial charge is 0.481 e. The molecule has 0 aromatic carbocycles. The molecule has 0 aromatic heterocycles.